The summed E-state index contributed by atoms with van der Waals surface area (Å²) in [7, 11) is 0. The largest absolute Gasteiger partial charge is 0.321 e. The fourth-order valence-electron chi connectivity index (χ4n) is 1.85. The number of aromatic nitrogens is 2. The van der Waals surface area contributed by atoms with Crippen LogP contribution < -0.4 is 5.32 Å². The Morgan fingerprint density at radius 3 is 2.80 bits per heavy atom. The van der Waals surface area contributed by atoms with E-state index in [1.54, 1.807) is 47.3 Å². The lowest BCUT2D eigenvalue weighted by molar-refractivity contribution is 0.102. The van der Waals surface area contributed by atoms with Crippen molar-refractivity contribution in [2.75, 3.05) is 5.32 Å². The summed E-state index contributed by atoms with van der Waals surface area (Å²) in [4.78, 5) is 16.4. The predicted molar refractivity (Wildman–Crippen MR) is 78.4 cm³/mol. The highest BCUT2D eigenvalue weighted by Crippen LogP contribution is 2.17. The number of amides is 1. The maximum Gasteiger partial charge on any atom is 0.275 e. The van der Waals surface area contributed by atoms with E-state index >= 15 is 0 Å². The van der Waals surface area contributed by atoms with E-state index in [1.165, 1.54) is 4.42 Å². The van der Waals surface area contributed by atoms with Crippen LogP contribution in [0.5, 0.6) is 0 Å². The summed E-state index contributed by atoms with van der Waals surface area (Å²) in [6, 6.07) is 6.89. The van der Waals surface area contributed by atoms with Crippen LogP contribution in [0.3, 0.4) is 0 Å². The van der Waals surface area contributed by atoms with Crippen molar-refractivity contribution in [1.29, 1.82) is 0 Å². The number of nitrogens with one attached hydrogen (secondary N) is 1. The molecule has 0 saturated heterocycles. The van der Waals surface area contributed by atoms with E-state index in [4.69, 9.17) is 23.4 Å². The summed E-state index contributed by atoms with van der Waals surface area (Å²) in [6.07, 6.45) is 5.11. The van der Waals surface area contributed by atoms with Gasteiger partial charge in [-0.1, -0.05) is 11.6 Å². The SMILES string of the molecule is O=C(Nc1ccc(Cl)cc1)c1cn2c(n1)C=CN(Cl)C2. The predicted octanol–water partition coefficient (Wildman–Crippen LogP) is 3.19. The molecule has 1 aliphatic heterocycles. The maximum absolute atomic E-state index is 12.1. The van der Waals surface area contributed by atoms with Crippen LogP contribution in [0, 0.1) is 0 Å². The first kappa shape index (κ1) is 13.0. The Kier molecular flexibility index (Phi) is 3.38. The molecule has 1 N–H and O–H groups in total. The lowest BCUT2D eigenvalue weighted by atomic mass is 10.3. The van der Waals surface area contributed by atoms with Crippen LogP contribution in [0.15, 0.2) is 36.7 Å². The van der Waals surface area contributed by atoms with Gasteiger partial charge in [0.1, 0.15) is 18.2 Å². The second-order valence-electron chi connectivity index (χ2n) is 4.27. The number of hydrogen-bond donors (Lipinski definition) is 1. The number of rotatable bonds is 2. The van der Waals surface area contributed by atoms with Crippen molar-refractivity contribution in [2.24, 2.45) is 0 Å². The number of imidazole rings is 1. The Bertz CT molecular complexity index is 678. The molecule has 2 aromatic rings. The molecule has 1 aromatic heterocycles. The van der Waals surface area contributed by atoms with Gasteiger partial charge in [-0.15, -0.1) is 0 Å². The third kappa shape index (κ3) is 2.64. The van der Waals surface area contributed by atoms with E-state index in [0.29, 0.717) is 28.9 Å². The van der Waals surface area contributed by atoms with Crippen molar-refractivity contribution in [1.82, 2.24) is 14.0 Å². The van der Waals surface area contributed by atoms with Crippen molar-refractivity contribution in [2.45, 2.75) is 6.67 Å². The Labute approximate surface area is 125 Å². The Morgan fingerprint density at radius 2 is 2.05 bits per heavy atom. The number of fused-ring (bicyclic) bond motifs is 1. The van der Waals surface area contributed by atoms with Crippen LogP contribution in [-0.2, 0) is 6.67 Å². The van der Waals surface area contributed by atoms with Crippen LogP contribution in [0.25, 0.3) is 6.08 Å². The van der Waals surface area contributed by atoms with Gasteiger partial charge >= 0.3 is 0 Å². The molecule has 0 unspecified atom stereocenters. The summed E-state index contributed by atoms with van der Waals surface area (Å²) < 4.78 is 3.28. The van der Waals surface area contributed by atoms with Gasteiger partial charge in [-0.25, -0.2) is 4.98 Å². The molecule has 0 bridgehead atoms. The number of carbonyl (C=O) groups excluding carboxylic acids is 1. The zero-order chi connectivity index (χ0) is 14.1. The molecule has 2 heterocycles. The third-order valence-electron chi connectivity index (χ3n) is 2.81. The number of benzene rings is 1. The highest BCUT2D eigenvalue weighted by molar-refractivity contribution is 6.30. The van der Waals surface area contributed by atoms with Gasteiger partial charge in [0.15, 0.2) is 0 Å². The zero-order valence-corrected chi connectivity index (χ0v) is 11.8. The molecule has 1 amide bonds. The van der Waals surface area contributed by atoms with E-state index < -0.39 is 0 Å². The van der Waals surface area contributed by atoms with Gasteiger partial charge in [-0.2, -0.15) is 0 Å². The molecule has 0 saturated carbocycles. The molecule has 5 nitrogen and oxygen atoms in total. The highest BCUT2D eigenvalue weighted by atomic mass is 35.5. The second kappa shape index (κ2) is 5.19. The molecule has 3 rings (SSSR count). The topological polar surface area (TPSA) is 50.2 Å². The lowest BCUT2D eigenvalue weighted by Crippen LogP contribution is -2.15. The Morgan fingerprint density at radius 1 is 1.30 bits per heavy atom. The van der Waals surface area contributed by atoms with Crippen LogP contribution in [-0.4, -0.2) is 19.9 Å². The van der Waals surface area contributed by atoms with Gasteiger partial charge in [-0.3, -0.25) is 9.21 Å². The number of nitrogens with zero attached hydrogens (tertiary/aromatic N) is 3. The zero-order valence-electron chi connectivity index (χ0n) is 10.3. The highest BCUT2D eigenvalue weighted by Gasteiger charge is 2.16. The summed E-state index contributed by atoms with van der Waals surface area (Å²) in [5.41, 5.74) is 1.01. The monoisotopic (exact) mass is 308 g/mol. The Hall–Kier alpha value is -1.98. The van der Waals surface area contributed by atoms with Crippen molar-refractivity contribution < 1.29 is 4.79 Å². The molecule has 0 atom stereocenters. The van der Waals surface area contributed by atoms with Crippen LogP contribution in [0.1, 0.15) is 16.3 Å². The normalized spacial score (nSPS) is 13.2. The molecule has 0 radical (unpaired) electrons. The van der Waals surface area contributed by atoms with E-state index in [2.05, 4.69) is 10.3 Å². The van der Waals surface area contributed by atoms with E-state index in [9.17, 15) is 4.79 Å². The van der Waals surface area contributed by atoms with Gasteiger partial charge < -0.3 is 9.88 Å². The first-order valence-electron chi connectivity index (χ1n) is 5.86. The minimum absolute atomic E-state index is 0.274. The van der Waals surface area contributed by atoms with Crippen molar-refractivity contribution in [3.05, 3.63) is 53.2 Å². The summed E-state index contributed by atoms with van der Waals surface area (Å²) in [6.45, 7) is 0.453. The number of hydrogen-bond acceptors (Lipinski definition) is 3. The van der Waals surface area contributed by atoms with Crippen molar-refractivity contribution in [3.63, 3.8) is 0 Å². The van der Waals surface area contributed by atoms with Crippen LogP contribution >= 0.6 is 23.4 Å². The quantitative estimate of drug-likeness (QED) is 0.867. The first-order valence-corrected chi connectivity index (χ1v) is 6.58. The van der Waals surface area contributed by atoms with Gasteiger partial charge in [-0.05, 0) is 30.3 Å². The van der Waals surface area contributed by atoms with E-state index in [-0.39, 0.29) is 5.91 Å². The van der Waals surface area contributed by atoms with E-state index in [0.717, 1.165) is 0 Å². The molecule has 0 spiro atoms. The number of anilines is 1. The average molecular weight is 309 g/mol. The molecule has 102 valence electrons. The summed E-state index contributed by atoms with van der Waals surface area (Å²) >= 11 is 11.7. The van der Waals surface area contributed by atoms with Crippen LogP contribution in [0.2, 0.25) is 5.02 Å². The molecular formula is C13H10Cl2N4O. The van der Waals surface area contributed by atoms with Crippen molar-refractivity contribution in [3.8, 4) is 0 Å². The fourth-order valence-corrected chi connectivity index (χ4v) is 2.15. The maximum atomic E-state index is 12.1. The Balaban J connectivity index is 1.78. The molecule has 0 fully saturated rings. The molecule has 7 heteroatoms. The molecule has 1 aromatic carbocycles. The lowest BCUT2D eigenvalue weighted by Gasteiger charge is -2.16. The molecular weight excluding hydrogens is 299 g/mol. The van der Waals surface area contributed by atoms with E-state index in [1.807, 2.05) is 0 Å². The standard InChI is InChI=1S/C13H10Cl2N4O/c14-9-1-3-10(4-2-9)16-13(20)11-7-18-8-19(15)6-5-12(18)17-11/h1-7H,8H2,(H,16,20). The minimum Gasteiger partial charge on any atom is -0.321 e. The van der Waals surface area contributed by atoms with Gasteiger partial charge in [0, 0.05) is 34.9 Å². The molecule has 0 aliphatic carbocycles. The number of halogens is 2. The second-order valence-corrected chi connectivity index (χ2v) is 5.14. The number of carbonyl (C=O) groups is 1. The van der Waals surface area contributed by atoms with Crippen LogP contribution in [0.4, 0.5) is 5.69 Å². The summed E-state index contributed by atoms with van der Waals surface area (Å²) in [5.74, 6) is 0.423. The molecule has 1 aliphatic rings. The van der Waals surface area contributed by atoms with Gasteiger partial charge in [0.2, 0.25) is 0 Å². The van der Waals surface area contributed by atoms with Gasteiger partial charge in [0.25, 0.3) is 5.91 Å². The average Bonchev–Trinajstić information content (AvgIpc) is 2.84. The smallest absolute Gasteiger partial charge is 0.275 e. The fraction of sp³-hybridized carbons (Fsp3) is 0.0769. The first-order chi connectivity index (χ1) is 9.61. The minimum atomic E-state index is -0.274. The van der Waals surface area contributed by atoms with Gasteiger partial charge in [0.05, 0.1) is 0 Å². The molecule has 20 heavy (non-hydrogen) atoms. The summed E-state index contributed by atoms with van der Waals surface area (Å²) in [5, 5.41) is 3.38. The third-order valence-corrected chi connectivity index (χ3v) is 3.29. The van der Waals surface area contributed by atoms with Crippen molar-refractivity contribution >= 4 is 41.0 Å².